The largest absolute Gasteiger partial charge is 0.472 e. The molecule has 2 atom stereocenters. The second-order valence-corrected chi connectivity index (χ2v) is 16.8. The van der Waals surface area contributed by atoms with E-state index in [2.05, 4.69) is 111 Å². The van der Waals surface area contributed by atoms with Crippen molar-refractivity contribution in [2.75, 3.05) is 54.1 Å². The third kappa shape index (κ3) is 44.4. The number of carbonyl (C=O) groups is 1. The van der Waals surface area contributed by atoms with E-state index in [4.69, 9.17) is 18.5 Å². The summed E-state index contributed by atoms with van der Waals surface area (Å²) in [5.74, 6) is -0.356. The van der Waals surface area contributed by atoms with E-state index < -0.39 is 13.9 Å². The summed E-state index contributed by atoms with van der Waals surface area (Å²) in [6.07, 6.45) is 54.6. The molecular weight excluding hydrogens is 734 g/mol. The second-order valence-electron chi connectivity index (χ2n) is 15.3. The molecule has 0 bridgehead atoms. The molecule has 0 aliphatic carbocycles. The topological polar surface area (TPSA) is 91.3 Å². The van der Waals surface area contributed by atoms with Gasteiger partial charge in [0.1, 0.15) is 19.3 Å². The summed E-state index contributed by atoms with van der Waals surface area (Å²) in [7, 11) is 1.59. The number of phosphoric acid groups is 1. The van der Waals surface area contributed by atoms with Crippen LogP contribution in [0.4, 0.5) is 0 Å². The first kappa shape index (κ1) is 54.4. The number of quaternary nitrogens is 1. The zero-order chi connectivity index (χ0) is 42.0. The summed E-state index contributed by atoms with van der Waals surface area (Å²) in [4.78, 5) is 22.9. The monoisotopic (exact) mass is 817 g/mol. The lowest BCUT2D eigenvalue weighted by Gasteiger charge is -2.24. The van der Waals surface area contributed by atoms with E-state index in [0.29, 0.717) is 24.1 Å². The van der Waals surface area contributed by atoms with Crippen LogP contribution in [0.5, 0.6) is 0 Å². The van der Waals surface area contributed by atoms with Gasteiger partial charge in [0.25, 0.3) is 0 Å². The van der Waals surface area contributed by atoms with Crippen molar-refractivity contribution in [2.45, 2.75) is 148 Å². The molecule has 2 unspecified atom stereocenters. The average molecular weight is 817 g/mol. The molecule has 0 saturated heterocycles. The number of ether oxygens (including phenoxy) is 2. The van der Waals surface area contributed by atoms with E-state index in [1.165, 1.54) is 38.5 Å². The molecule has 0 heterocycles. The smallest absolute Gasteiger partial charge is 0.457 e. The zero-order valence-electron chi connectivity index (χ0n) is 36.8. The SMILES string of the molecule is CC/C=C\C/C=C\C/C=C\C/C=C\C/C=C\CCOCC(COP(=O)(O)OCC[N+](C)(C)C)OC(=O)CCCCCCCC/C=C\C/C=C\C/C=C\CCCCC. The Bertz CT molecular complexity index is 1230. The number of likely N-dealkylation sites (N-methyl/N-ethyl adjacent to an activating group) is 1. The van der Waals surface area contributed by atoms with Gasteiger partial charge in [0.05, 0.1) is 41.0 Å². The van der Waals surface area contributed by atoms with E-state index in [9.17, 15) is 14.3 Å². The Kier molecular flexibility index (Phi) is 38.4. The molecule has 0 aromatic carbocycles. The van der Waals surface area contributed by atoms with E-state index in [-0.39, 0.29) is 32.2 Å². The minimum Gasteiger partial charge on any atom is -0.457 e. The molecule has 0 aliphatic rings. The van der Waals surface area contributed by atoms with Gasteiger partial charge < -0.3 is 18.9 Å². The maximum Gasteiger partial charge on any atom is 0.472 e. The van der Waals surface area contributed by atoms with Crippen molar-refractivity contribution < 1.29 is 37.3 Å². The van der Waals surface area contributed by atoms with Crippen LogP contribution in [0.3, 0.4) is 0 Å². The van der Waals surface area contributed by atoms with Crippen LogP contribution in [0.2, 0.25) is 0 Å². The fraction of sp³-hybridized carbons (Fsp3) is 0.646. The molecule has 0 aromatic heterocycles. The van der Waals surface area contributed by atoms with Gasteiger partial charge in [0.15, 0.2) is 0 Å². The number of unbranched alkanes of at least 4 members (excludes halogenated alkanes) is 9. The third-order valence-corrected chi connectivity index (χ3v) is 9.63. The van der Waals surface area contributed by atoms with E-state index in [0.717, 1.165) is 77.0 Å². The number of hydrogen-bond donors (Lipinski definition) is 1. The van der Waals surface area contributed by atoms with Crippen LogP contribution in [0.25, 0.3) is 0 Å². The predicted molar refractivity (Wildman–Crippen MR) is 242 cm³/mol. The van der Waals surface area contributed by atoms with Crippen LogP contribution >= 0.6 is 7.82 Å². The van der Waals surface area contributed by atoms with Gasteiger partial charge in [0, 0.05) is 6.42 Å². The highest BCUT2D eigenvalue weighted by Gasteiger charge is 2.26. The number of allylic oxidation sites excluding steroid dienone is 15. The van der Waals surface area contributed by atoms with Gasteiger partial charge in [-0.15, -0.1) is 0 Å². The molecule has 0 aromatic rings. The summed E-state index contributed by atoms with van der Waals surface area (Å²) in [6.45, 7) is 5.20. The molecule has 0 rings (SSSR count). The Hall–Kier alpha value is -2.58. The minimum atomic E-state index is -4.31. The van der Waals surface area contributed by atoms with Gasteiger partial charge in [-0.1, -0.05) is 150 Å². The van der Waals surface area contributed by atoms with E-state index in [1.54, 1.807) is 0 Å². The van der Waals surface area contributed by atoms with Gasteiger partial charge in [-0.25, -0.2) is 4.57 Å². The summed E-state index contributed by atoms with van der Waals surface area (Å²) < 4.78 is 34.8. The van der Waals surface area contributed by atoms with Crippen LogP contribution in [0, 0.1) is 0 Å². The number of rotatable bonds is 39. The Balaban J connectivity index is 4.40. The first-order valence-electron chi connectivity index (χ1n) is 22.0. The average Bonchev–Trinajstić information content (AvgIpc) is 3.16. The summed E-state index contributed by atoms with van der Waals surface area (Å²) in [5.41, 5.74) is 0. The highest BCUT2D eigenvalue weighted by Crippen LogP contribution is 2.43. The lowest BCUT2D eigenvalue weighted by Crippen LogP contribution is -2.37. The van der Waals surface area contributed by atoms with Crippen molar-refractivity contribution in [1.29, 1.82) is 0 Å². The van der Waals surface area contributed by atoms with Crippen LogP contribution in [0.15, 0.2) is 97.2 Å². The molecule has 326 valence electrons. The fourth-order valence-electron chi connectivity index (χ4n) is 5.27. The molecule has 0 radical (unpaired) electrons. The second kappa shape index (κ2) is 40.2. The molecule has 1 N–H and O–H groups in total. The molecule has 8 nitrogen and oxygen atoms in total. The molecular formula is C48H83NO7P+. The summed E-state index contributed by atoms with van der Waals surface area (Å²) in [6, 6.07) is 0. The minimum absolute atomic E-state index is 0.0661. The van der Waals surface area contributed by atoms with Gasteiger partial charge in [-0.2, -0.15) is 0 Å². The van der Waals surface area contributed by atoms with Crippen LogP contribution in [-0.2, 0) is 27.9 Å². The summed E-state index contributed by atoms with van der Waals surface area (Å²) >= 11 is 0. The Morgan fingerprint density at radius 2 is 1.02 bits per heavy atom. The lowest BCUT2D eigenvalue weighted by molar-refractivity contribution is -0.870. The normalized spacial score (nSPS) is 14.7. The molecule has 9 heteroatoms. The first-order chi connectivity index (χ1) is 27.6. The highest BCUT2D eigenvalue weighted by molar-refractivity contribution is 7.47. The Morgan fingerprint density at radius 3 is 1.53 bits per heavy atom. The Morgan fingerprint density at radius 1 is 0.561 bits per heavy atom. The third-order valence-electron chi connectivity index (χ3n) is 8.65. The van der Waals surface area contributed by atoms with Gasteiger partial charge in [-0.05, 0) is 83.5 Å². The van der Waals surface area contributed by atoms with Crippen molar-refractivity contribution in [3.05, 3.63) is 97.2 Å². The fourth-order valence-corrected chi connectivity index (χ4v) is 6.01. The highest BCUT2D eigenvalue weighted by atomic mass is 31.2. The Labute approximate surface area is 349 Å². The lowest BCUT2D eigenvalue weighted by atomic mass is 10.1. The molecule has 0 amide bonds. The van der Waals surface area contributed by atoms with Crippen LogP contribution in [-0.4, -0.2) is 75.6 Å². The standard InChI is InChI=1S/C48H82NO7P/c1-6-8-10-12-14-16-18-20-22-24-25-26-27-29-31-33-35-37-39-41-48(50)56-47(46-55-57(51,52)54-44-42-49(3,4)5)45-53-43-40-38-36-34-32-30-28-23-21-19-17-15-13-11-9-7-2/h9,11,14-17,20-23,25-26,30,32,36,38,47H,6-8,10,12-13,18-19,24,27-29,31,33-35,37,39-46H2,1-5H3/p+1/b11-9-,16-14-,17-15-,22-20-,23-21-,26-25-,32-30-,38-36-. The molecule has 0 fully saturated rings. The van der Waals surface area contributed by atoms with E-state index in [1.807, 2.05) is 21.1 Å². The van der Waals surface area contributed by atoms with Crippen molar-refractivity contribution in [3.8, 4) is 0 Å². The molecule has 0 spiro atoms. The maximum absolute atomic E-state index is 12.7. The number of nitrogens with zero attached hydrogens (tertiary/aromatic N) is 1. The number of carbonyl (C=O) groups excluding carboxylic acids is 1. The maximum atomic E-state index is 12.7. The molecule has 0 aliphatic heterocycles. The predicted octanol–water partition coefficient (Wildman–Crippen LogP) is 13.0. The first-order valence-corrected chi connectivity index (χ1v) is 23.5. The van der Waals surface area contributed by atoms with Crippen LogP contribution < -0.4 is 0 Å². The van der Waals surface area contributed by atoms with Crippen molar-refractivity contribution in [3.63, 3.8) is 0 Å². The van der Waals surface area contributed by atoms with Crippen LogP contribution in [0.1, 0.15) is 142 Å². The van der Waals surface area contributed by atoms with Gasteiger partial charge in [-0.3, -0.25) is 13.8 Å². The van der Waals surface area contributed by atoms with Gasteiger partial charge in [0.2, 0.25) is 0 Å². The molecule has 57 heavy (non-hydrogen) atoms. The molecule has 0 saturated carbocycles. The van der Waals surface area contributed by atoms with E-state index >= 15 is 0 Å². The number of phosphoric ester groups is 1. The zero-order valence-corrected chi connectivity index (χ0v) is 37.7. The quantitative estimate of drug-likeness (QED) is 0.0217. The number of hydrogen-bond acceptors (Lipinski definition) is 6. The van der Waals surface area contributed by atoms with Crippen molar-refractivity contribution in [2.24, 2.45) is 0 Å². The number of esters is 1. The summed E-state index contributed by atoms with van der Waals surface area (Å²) in [5, 5.41) is 0. The van der Waals surface area contributed by atoms with Crippen molar-refractivity contribution in [1.82, 2.24) is 0 Å². The van der Waals surface area contributed by atoms with Gasteiger partial charge >= 0.3 is 13.8 Å². The van der Waals surface area contributed by atoms with Crippen molar-refractivity contribution >= 4 is 13.8 Å².